The molecule has 0 saturated carbocycles. The molecule has 2 N–H and O–H groups in total. The second-order valence-electron chi connectivity index (χ2n) is 6.79. The highest BCUT2D eigenvalue weighted by Gasteiger charge is 2.25. The molecule has 1 aliphatic rings. The van der Waals surface area contributed by atoms with Crippen LogP contribution in [0.15, 0.2) is 30.5 Å². The van der Waals surface area contributed by atoms with E-state index < -0.39 is 5.97 Å². The summed E-state index contributed by atoms with van der Waals surface area (Å²) < 4.78 is 6.90. The normalized spacial score (nSPS) is 16.1. The van der Waals surface area contributed by atoms with Crippen LogP contribution >= 0.6 is 0 Å². The van der Waals surface area contributed by atoms with E-state index in [1.807, 2.05) is 24.0 Å². The van der Waals surface area contributed by atoms with E-state index in [0.29, 0.717) is 17.9 Å². The molecule has 140 valence electrons. The van der Waals surface area contributed by atoms with Gasteiger partial charge in [-0.1, -0.05) is 0 Å². The second kappa shape index (κ2) is 6.90. The van der Waals surface area contributed by atoms with E-state index in [1.54, 1.807) is 25.1 Å². The molecule has 1 aliphatic carbocycles. The number of nitrogens with one attached hydrogen (secondary N) is 2. The number of ether oxygens (including phenoxy) is 1. The van der Waals surface area contributed by atoms with Gasteiger partial charge in [-0.15, -0.1) is 0 Å². The zero-order chi connectivity index (χ0) is 19.0. The third kappa shape index (κ3) is 3.20. The first-order valence-corrected chi connectivity index (χ1v) is 9.18. The van der Waals surface area contributed by atoms with Gasteiger partial charge in [-0.25, -0.2) is 4.79 Å². The van der Waals surface area contributed by atoms with Crippen LogP contribution < -0.4 is 5.32 Å². The number of aryl methyl sites for hydroxylation is 1. The van der Waals surface area contributed by atoms with Gasteiger partial charge in [0.2, 0.25) is 0 Å². The van der Waals surface area contributed by atoms with Crippen molar-refractivity contribution in [3.05, 3.63) is 53.0 Å². The molecule has 0 fully saturated rings. The van der Waals surface area contributed by atoms with Gasteiger partial charge in [0.05, 0.1) is 18.8 Å². The second-order valence-corrected chi connectivity index (χ2v) is 6.79. The van der Waals surface area contributed by atoms with E-state index in [-0.39, 0.29) is 11.9 Å². The Morgan fingerprint density at radius 1 is 1.37 bits per heavy atom. The Kier molecular flexibility index (Phi) is 4.43. The zero-order valence-electron chi connectivity index (χ0n) is 15.4. The van der Waals surface area contributed by atoms with Crippen molar-refractivity contribution in [2.45, 2.75) is 32.2 Å². The molecule has 27 heavy (non-hydrogen) atoms. The number of aromatic amines is 1. The average molecular weight is 366 g/mol. The molecule has 7 heteroatoms. The van der Waals surface area contributed by atoms with Crippen molar-refractivity contribution in [3.8, 4) is 0 Å². The van der Waals surface area contributed by atoms with E-state index in [9.17, 15) is 9.59 Å². The minimum Gasteiger partial charge on any atom is -0.461 e. The van der Waals surface area contributed by atoms with E-state index in [0.717, 1.165) is 35.7 Å². The number of esters is 1. The smallest absolute Gasteiger partial charge is 0.354 e. The number of H-pyrrole nitrogens is 1. The molecule has 1 amide bonds. The van der Waals surface area contributed by atoms with Gasteiger partial charge in [0.15, 0.2) is 0 Å². The molecular formula is C20H22N4O3. The molecular weight excluding hydrogens is 344 g/mol. The van der Waals surface area contributed by atoms with Gasteiger partial charge in [-0.05, 0) is 50.5 Å². The summed E-state index contributed by atoms with van der Waals surface area (Å²) in [5.41, 5.74) is 4.03. The highest BCUT2D eigenvalue weighted by Crippen LogP contribution is 2.29. The zero-order valence-corrected chi connectivity index (χ0v) is 15.4. The molecule has 4 rings (SSSR count). The lowest BCUT2D eigenvalue weighted by Gasteiger charge is -2.23. The van der Waals surface area contributed by atoms with Crippen molar-refractivity contribution in [1.82, 2.24) is 20.1 Å². The lowest BCUT2D eigenvalue weighted by atomic mass is 9.92. The molecule has 2 aromatic heterocycles. The maximum absolute atomic E-state index is 12.8. The number of hydrogen-bond acceptors (Lipinski definition) is 4. The predicted molar refractivity (Wildman–Crippen MR) is 101 cm³/mol. The maximum atomic E-state index is 12.8. The van der Waals surface area contributed by atoms with E-state index in [2.05, 4.69) is 15.4 Å². The Bertz CT molecular complexity index is 1020. The molecule has 1 unspecified atom stereocenters. The largest absolute Gasteiger partial charge is 0.461 e. The van der Waals surface area contributed by atoms with E-state index >= 15 is 0 Å². The van der Waals surface area contributed by atoms with Crippen LogP contribution in [-0.4, -0.2) is 33.2 Å². The van der Waals surface area contributed by atoms with Gasteiger partial charge in [0.1, 0.15) is 5.69 Å². The molecule has 0 saturated heterocycles. The standard InChI is InChI=1S/C20H22N4O3/c1-3-27-20(26)17-10-13-9-12(7-8-15(13)22-17)19(25)23-16-5-4-6-18-14(16)11-21-24(18)2/h7-11,16,22H,3-6H2,1-2H3,(H,23,25). The number of carbonyl (C=O) groups is 2. The number of carbonyl (C=O) groups excluding carboxylic acids is 2. The maximum Gasteiger partial charge on any atom is 0.354 e. The van der Waals surface area contributed by atoms with Crippen molar-refractivity contribution in [3.63, 3.8) is 0 Å². The summed E-state index contributed by atoms with van der Waals surface area (Å²) in [6, 6.07) is 7.05. The highest BCUT2D eigenvalue weighted by molar-refractivity contribution is 6.00. The quantitative estimate of drug-likeness (QED) is 0.695. The number of amides is 1. The van der Waals surface area contributed by atoms with Crippen molar-refractivity contribution in [2.24, 2.45) is 7.05 Å². The van der Waals surface area contributed by atoms with Crippen LogP contribution in [0.4, 0.5) is 0 Å². The molecule has 0 aliphatic heterocycles. The number of nitrogens with zero attached hydrogens (tertiary/aromatic N) is 2. The summed E-state index contributed by atoms with van der Waals surface area (Å²) in [6.07, 6.45) is 4.77. The molecule has 7 nitrogen and oxygen atoms in total. The molecule has 0 bridgehead atoms. The number of hydrogen-bond donors (Lipinski definition) is 2. The van der Waals surface area contributed by atoms with Gasteiger partial charge >= 0.3 is 5.97 Å². The Labute approximate surface area is 156 Å². The Hall–Kier alpha value is -3.09. The van der Waals surface area contributed by atoms with Crippen LogP contribution in [0.2, 0.25) is 0 Å². The Morgan fingerprint density at radius 3 is 3.04 bits per heavy atom. The summed E-state index contributed by atoms with van der Waals surface area (Å²) >= 11 is 0. The summed E-state index contributed by atoms with van der Waals surface area (Å²) in [6.45, 7) is 2.08. The lowest BCUT2D eigenvalue weighted by molar-refractivity contribution is 0.0520. The molecule has 1 aromatic carbocycles. The molecule has 1 atom stereocenters. The van der Waals surface area contributed by atoms with Crippen molar-refractivity contribution in [1.29, 1.82) is 0 Å². The third-order valence-corrected chi connectivity index (χ3v) is 5.06. The summed E-state index contributed by atoms with van der Waals surface area (Å²) in [7, 11) is 1.93. The number of rotatable bonds is 4. The first kappa shape index (κ1) is 17.3. The summed E-state index contributed by atoms with van der Waals surface area (Å²) in [5, 5.41) is 8.25. The van der Waals surface area contributed by atoms with E-state index in [1.165, 1.54) is 5.69 Å². The average Bonchev–Trinajstić information content (AvgIpc) is 3.26. The van der Waals surface area contributed by atoms with Gasteiger partial charge in [-0.2, -0.15) is 5.10 Å². The fraction of sp³-hybridized carbons (Fsp3) is 0.350. The Morgan fingerprint density at radius 2 is 2.22 bits per heavy atom. The molecule has 0 spiro atoms. The van der Waals surface area contributed by atoms with Crippen molar-refractivity contribution >= 4 is 22.8 Å². The van der Waals surface area contributed by atoms with Crippen LogP contribution in [-0.2, 0) is 18.2 Å². The summed E-state index contributed by atoms with van der Waals surface area (Å²) in [5.74, 6) is -0.525. The van der Waals surface area contributed by atoms with Crippen LogP contribution in [0.5, 0.6) is 0 Å². The van der Waals surface area contributed by atoms with Gasteiger partial charge in [-0.3, -0.25) is 9.48 Å². The number of benzene rings is 1. The van der Waals surface area contributed by atoms with Crippen LogP contribution in [0.25, 0.3) is 10.9 Å². The first-order chi connectivity index (χ1) is 13.1. The first-order valence-electron chi connectivity index (χ1n) is 9.18. The van der Waals surface area contributed by atoms with Crippen LogP contribution in [0, 0.1) is 0 Å². The SMILES string of the molecule is CCOC(=O)c1cc2cc(C(=O)NC3CCCc4c3cnn4C)ccc2[nH]1. The lowest BCUT2D eigenvalue weighted by Crippen LogP contribution is -2.30. The minimum atomic E-state index is -0.397. The monoisotopic (exact) mass is 366 g/mol. The highest BCUT2D eigenvalue weighted by atomic mass is 16.5. The summed E-state index contributed by atoms with van der Waals surface area (Å²) in [4.78, 5) is 27.7. The van der Waals surface area contributed by atoms with Crippen molar-refractivity contribution in [2.75, 3.05) is 6.61 Å². The van der Waals surface area contributed by atoms with Crippen LogP contribution in [0.1, 0.15) is 57.9 Å². The van der Waals surface area contributed by atoms with Crippen LogP contribution in [0.3, 0.4) is 0 Å². The molecule has 0 radical (unpaired) electrons. The number of fused-ring (bicyclic) bond motifs is 2. The van der Waals surface area contributed by atoms with Crippen molar-refractivity contribution < 1.29 is 14.3 Å². The fourth-order valence-corrected chi connectivity index (χ4v) is 3.69. The van der Waals surface area contributed by atoms with Gasteiger partial charge in [0.25, 0.3) is 5.91 Å². The Balaban J connectivity index is 1.55. The fourth-order valence-electron chi connectivity index (χ4n) is 3.69. The van der Waals surface area contributed by atoms with E-state index in [4.69, 9.17) is 4.74 Å². The third-order valence-electron chi connectivity index (χ3n) is 5.06. The minimum absolute atomic E-state index is 0.0213. The molecule has 3 aromatic rings. The molecule has 2 heterocycles. The predicted octanol–water partition coefficient (Wildman–Crippen LogP) is 2.89. The topological polar surface area (TPSA) is 89.0 Å². The van der Waals surface area contributed by atoms with Gasteiger partial charge in [0, 0.05) is 34.8 Å². The van der Waals surface area contributed by atoms with Gasteiger partial charge < -0.3 is 15.0 Å². The number of aromatic nitrogens is 3.